The van der Waals surface area contributed by atoms with Gasteiger partial charge in [0.2, 0.25) is 0 Å². The Balaban J connectivity index is 1.94. The minimum absolute atomic E-state index is 0.328. The Bertz CT molecular complexity index is 475. The number of rotatable bonds is 3. The molecule has 1 aromatic carbocycles. The van der Waals surface area contributed by atoms with Crippen molar-refractivity contribution in [1.29, 1.82) is 5.26 Å². The molecule has 3 heteroatoms. The zero-order valence-corrected chi connectivity index (χ0v) is 10.3. The first kappa shape index (κ1) is 12.5. The van der Waals surface area contributed by atoms with Crippen LogP contribution in [-0.2, 0) is 11.3 Å². The maximum atomic E-state index is 10.7. The number of aldehydes is 1. The summed E-state index contributed by atoms with van der Waals surface area (Å²) < 4.78 is 0. The largest absolute Gasteiger partial charge is 0.298 e. The van der Waals surface area contributed by atoms with Crippen molar-refractivity contribution in [2.45, 2.75) is 19.4 Å². The molecule has 1 aromatic rings. The van der Waals surface area contributed by atoms with E-state index < -0.39 is 0 Å². The molecule has 0 saturated carbocycles. The second kappa shape index (κ2) is 6.13. The molecule has 0 N–H and O–H groups in total. The summed E-state index contributed by atoms with van der Waals surface area (Å²) >= 11 is 0. The molecule has 1 heterocycles. The highest BCUT2D eigenvalue weighted by molar-refractivity contribution is 5.80. The summed E-state index contributed by atoms with van der Waals surface area (Å²) in [4.78, 5) is 13.1. The van der Waals surface area contributed by atoms with Gasteiger partial charge in [-0.2, -0.15) is 5.26 Å². The normalized spacial score (nSPS) is 16.1. The highest BCUT2D eigenvalue weighted by Crippen LogP contribution is 2.20. The first-order chi connectivity index (χ1) is 8.83. The van der Waals surface area contributed by atoms with Gasteiger partial charge in [-0.3, -0.25) is 9.69 Å². The minimum atomic E-state index is 0.328. The molecule has 1 aliphatic heterocycles. The maximum absolute atomic E-state index is 10.7. The van der Waals surface area contributed by atoms with E-state index in [0.29, 0.717) is 11.9 Å². The maximum Gasteiger partial charge on any atom is 0.160 e. The minimum Gasteiger partial charge on any atom is -0.298 e. The number of piperidine rings is 1. The lowest BCUT2D eigenvalue weighted by atomic mass is 9.99. The molecule has 0 atom stereocenters. The van der Waals surface area contributed by atoms with Gasteiger partial charge in [-0.15, -0.1) is 0 Å². The summed E-state index contributed by atoms with van der Waals surface area (Å²) in [6, 6.07) is 12.3. The van der Waals surface area contributed by atoms with Gasteiger partial charge >= 0.3 is 0 Å². The number of nitriles is 1. The van der Waals surface area contributed by atoms with Gasteiger partial charge in [0.05, 0.1) is 5.57 Å². The molecule has 18 heavy (non-hydrogen) atoms. The second-order valence-electron chi connectivity index (χ2n) is 4.51. The fraction of sp³-hybridized carbons (Fsp3) is 0.333. The van der Waals surface area contributed by atoms with E-state index in [1.807, 2.05) is 24.3 Å². The molecule has 1 aliphatic rings. The molecule has 0 unspecified atom stereocenters. The van der Waals surface area contributed by atoms with Gasteiger partial charge in [-0.1, -0.05) is 30.3 Å². The van der Waals surface area contributed by atoms with Gasteiger partial charge in [-0.05, 0) is 24.0 Å². The topological polar surface area (TPSA) is 44.1 Å². The van der Waals surface area contributed by atoms with E-state index in [4.69, 9.17) is 5.26 Å². The second-order valence-corrected chi connectivity index (χ2v) is 4.51. The van der Waals surface area contributed by atoms with Crippen LogP contribution < -0.4 is 0 Å². The third-order valence-electron chi connectivity index (χ3n) is 3.33. The molecule has 0 aliphatic carbocycles. The van der Waals surface area contributed by atoms with Gasteiger partial charge in [0.25, 0.3) is 0 Å². The number of hydrogen-bond acceptors (Lipinski definition) is 3. The Morgan fingerprint density at radius 1 is 1.28 bits per heavy atom. The predicted octanol–water partition coefficient (Wildman–Crippen LogP) is 2.30. The lowest BCUT2D eigenvalue weighted by Gasteiger charge is -2.28. The van der Waals surface area contributed by atoms with Crippen LogP contribution in [0.5, 0.6) is 0 Å². The monoisotopic (exact) mass is 240 g/mol. The lowest BCUT2D eigenvalue weighted by Crippen LogP contribution is -2.30. The summed E-state index contributed by atoms with van der Waals surface area (Å²) in [5.74, 6) is 0. The molecule has 0 aromatic heterocycles. The number of carbonyl (C=O) groups excluding carboxylic acids is 1. The zero-order chi connectivity index (χ0) is 12.8. The lowest BCUT2D eigenvalue weighted by molar-refractivity contribution is -0.104. The highest BCUT2D eigenvalue weighted by Gasteiger charge is 2.16. The molecule has 0 radical (unpaired) electrons. The third-order valence-corrected chi connectivity index (χ3v) is 3.33. The SMILES string of the molecule is N#CC(C=O)=C1CCN(Cc2ccccc2)CC1. The molecule has 0 spiro atoms. The van der Waals surface area contributed by atoms with Crippen molar-refractivity contribution in [2.75, 3.05) is 13.1 Å². The van der Waals surface area contributed by atoms with Crippen molar-refractivity contribution < 1.29 is 4.79 Å². The highest BCUT2D eigenvalue weighted by atomic mass is 16.1. The molecule has 2 rings (SSSR count). The summed E-state index contributed by atoms with van der Waals surface area (Å²) in [7, 11) is 0. The van der Waals surface area contributed by atoms with Gasteiger partial charge in [-0.25, -0.2) is 0 Å². The number of carbonyl (C=O) groups is 1. The van der Waals surface area contributed by atoms with Crippen LogP contribution in [-0.4, -0.2) is 24.3 Å². The molecule has 0 amide bonds. The average Bonchev–Trinajstić information content (AvgIpc) is 2.43. The average molecular weight is 240 g/mol. The molecule has 1 fully saturated rings. The van der Waals surface area contributed by atoms with Crippen LogP contribution in [0.2, 0.25) is 0 Å². The van der Waals surface area contributed by atoms with Crippen LogP contribution in [0.1, 0.15) is 18.4 Å². The first-order valence-corrected chi connectivity index (χ1v) is 6.17. The smallest absolute Gasteiger partial charge is 0.160 e. The number of nitrogens with zero attached hydrogens (tertiary/aromatic N) is 2. The van der Waals surface area contributed by atoms with Gasteiger partial charge < -0.3 is 0 Å². The van der Waals surface area contributed by atoms with Crippen molar-refractivity contribution in [2.24, 2.45) is 0 Å². The van der Waals surface area contributed by atoms with E-state index >= 15 is 0 Å². The van der Waals surface area contributed by atoms with Crippen molar-refractivity contribution >= 4 is 6.29 Å². The molecule has 3 nitrogen and oxygen atoms in total. The van der Waals surface area contributed by atoms with Gasteiger partial charge in [0.1, 0.15) is 6.07 Å². The van der Waals surface area contributed by atoms with Gasteiger partial charge in [0.15, 0.2) is 6.29 Å². The van der Waals surface area contributed by atoms with Crippen molar-refractivity contribution in [3.05, 3.63) is 47.0 Å². The van der Waals surface area contributed by atoms with E-state index in [1.54, 1.807) is 0 Å². The van der Waals surface area contributed by atoms with Crippen LogP contribution in [0.25, 0.3) is 0 Å². The number of benzene rings is 1. The van der Waals surface area contributed by atoms with Crippen molar-refractivity contribution in [3.63, 3.8) is 0 Å². The first-order valence-electron chi connectivity index (χ1n) is 6.17. The quantitative estimate of drug-likeness (QED) is 0.462. The number of hydrogen-bond donors (Lipinski definition) is 0. The fourth-order valence-corrected chi connectivity index (χ4v) is 2.28. The van der Waals surface area contributed by atoms with Crippen LogP contribution in [0.4, 0.5) is 0 Å². The van der Waals surface area contributed by atoms with Crippen LogP contribution in [0, 0.1) is 11.3 Å². The van der Waals surface area contributed by atoms with Crippen molar-refractivity contribution in [3.8, 4) is 6.07 Å². The summed E-state index contributed by atoms with van der Waals surface area (Å²) in [5, 5.41) is 8.83. The Hall–Kier alpha value is -1.92. The number of likely N-dealkylation sites (tertiary alicyclic amines) is 1. The Kier molecular flexibility index (Phi) is 4.27. The van der Waals surface area contributed by atoms with Crippen LogP contribution in [0.3, 0.4) is 0 Å². The van der Waals surface area contributed by atoms with E-state index in [2.05, 4.69) is 17.0 Å². The molecular weight excluding hydrogens is 224 g/mol. The van der Waals surface area contributed by atoms with Gasteiger partial charge in [0, 0.05) is 19.6 Å². The van der Waals surface area contributed by atoms with Crippen LogP contribution in [0.15, 0.2) is 41.5 Å². The molecule has 1 saturated heterocycles. The number of allylic oxidation sites excluding steroid dienone is 1. The van der Waals surface area contributed by atoms with Crippen molar-refractivity contribution in [1.82, 2.24) is 4.90 Å². The Morgan fingerprint density at radius 3 is 2.50 bits per heavy atom. The molecule has 92 valence electrons. The van der Waals surface area contributed by atoms with Crippen LogP contribution >= 0.6 is 0 Å². The van der Waals surface area contributed by atoms with E-state index in [9.17, 15) is 4.79 Å². The molecule has 0 bridgehead atoms. The summed E-state index contributed by atoms with van der Waals surface area (Å²) in [6.07, 6.45) is 2.34. The predicted molar refractivity (Wildman–Crippen MR) is 69.7 cm³/mol. The Morgan fingerprint density at radius 2 is 1.94 bits per heavy atom. The third kappa shape index (κ3) is 3.06. The standard InChI is InChI=1S/C15H16N2O/c16-10-15(12-18)14-6-8-17(9-7-14)11-13-4-2-1-3-5-13/h1-5,12H,6-9,11H2. The Labute approximate surface area is 107 Å². The van der Waals surface area contributed by atoms with E-state index in [0.717, 1.165) is 38.0 Å². The molecular formula is C15H16N2O. The summed E-state index contributed by atoms with van der Waals surface area (Å²) in [5.41, 5.74) is 2.65. The fourth-order valence-electron chi connectivity index (χ4n) is 2.28. The van der Waals surface area contributed by atoms with E-state index in [1.165, 1.54) is 5.56 Å². The van der Waals surface area contributed by atoms with E-state index in [-0.39, 0.29) is 0 Å². The summed E-state index contributed by atoms with van der Waals surface area (Å²) in [6.45, 7) is 2.78. The zero-order valence-electron chi connectivity index (χ0n) is 10.3.